The molecule has 1 aromatic rings. The molecule has 1 aliphatic rings. The highest BCUT2D eigenvalue weighted by molar-refractivity contribution is 9.10. The Balaban J connectivity index is 2.17. The lowest BCUT2D eigenvalue weighted by Crippen LogP contribution is -2.48. The van der Waals surface area contributed by atoms with Crippen molar-refractivity contribution in [1.82, 2.24) is 5.32 Å². The summed E-state index contributed by atoms with van der Waals surface area (Å²) in [6, 6.07) is 6.41. The predicted molar refractivity (Wildman–Crippen MR) is 89.8 cm³/mol. The SMILES string of the molecule is CCCNCc1ccc(Br)cc1N1CC(C)OC(CO)C1. The second-order valence-corrected chi connectivity index (χ2v) is 6.52. The van der Waals surface area contributed by atoms with Crippen LogP contribution in [0.3, 0.4) is 0 Å². The zero-order valence-electron chi connectivity index (χ0n) is 12.8. The molecule has 1 heterocycles. The number of hydrogen-bond acceptors (Lipinski definition) is 4. The fraction of sp³-hybridized carbons (Fsp3) is 0.625. The van der Waals surface area contributed by atoms with Crippen LogP contribution < -0.4 is 10.2 Å². The molecule has 4 nitrogen and oxygen atoms in total. The van der Waals surface area contributed by atoms with Crippen LogP contribution in [0, 0.1) is 0 Å². The number of benzene rings is 1. The molecule has 0 radical (unpaired) electrons. The summed E-state index contributed by atoms with van der Waals surface area (Å²) in [5.74, 6) is 0. The van der Waals surface area contributed by atoms with Gasteiger partial charge in [0.1, 0.15) is 0 Å². The van der Waals surface area contributed by atoms with E-state index in [1.165, 1.54) is 11.3 Å². The molecule has 0 saturated carbocycles. The summed E-state index contributed by atoms with van der Waals surface area (Å²) >= 11 is 3.56. The van der Waals surface area contributed by atoms with Gasteiger partial charge in [0.15, 0.2) is 0 Å². The van der Waals surface area contributed by atoms with Crippen LogP contribution in [0.25, 0.3) is 0 Å². The third kappa shape index (κ3) is 4.68. The molecule has 0 aromatic heterocycles. The van der Waals surface area contributed by atoms with Crippen molar-refractivity contribution in [3.8, 4) is 0 Å². The second kappa shape index (κ2) is 8.13. The summed E-state index contributed by atoms with van der Waals surface area (Å²) in [7, 11) is 0. The standard InChI is InChI=1S/C16H25BrN2O2/c1-3-6-18-8-13-4-5-14(17)7-16(13)19-9-12(2)21-15(10-19)11-20/h4-5,7,12,15,18,20H,3,6,8-11H2,1-2H3. The lowest BCUT2D eigenvalue weighted by molar-refractivity contribution is -0.0421. The van der Waals surface area contributed by atoms with Gasteiger partial charge in [-0.1, -0.05) is 28.9 Å². The minimum Gasteiger partial charge on any atom is -0.394 e. The molecular weight excluding hydrogens is 332 g/mol. The highest BCUT2D eigenvalue weighted by Gasteiger charge is 2.26. The van der Waals surface area contributed by atoms with Crippen molar-refractivity contribution >= 4 is 21.6 Å². The number of halogens is 1. The number of ether oxygens (including phenoxy) is 1. The van der Waals surface area contributed by atoms with Gasteiger partial charge in [-0.25, -0.2) is 0 Å². The van der Waals surface area contributed by atoms with Gasteiger partial charge >= 0.3 is 0 Å². The molecular formula is C16H25BrN2O2. The molecule has 0 bridgehead atoms. The molecule has 2 N–H and O–H groups in total. The van der Waals surface area contributed by atoms with E-state index in [9.17, 15) is 5.11 Å². The average Bonchev–Trinajstić information content (AvgIpc) is 2.48. The number of hydrogen-bond donors (Lipinski definition) is 2. The number of nitrogens with zero attached hydrogens (tertiary/aromatic N) is 1. The van der Waals surface area contributed by atoms with E-state index in [0.29, 0.717) is 0 Å². The highest BCUT2D eigenvalue weighted by atomic mass is 79.9. The Kier molecular flexibility index (Phi) is 6.48. The number of anilines is 1. The number of aliphatic hydroxyl groups is 1. The van der Waals surface area contributed by atoms with Crippen LogP contribution in [0.1, 0.15) is 25.8 Å². The van der Waals surface area contributed by atoms with Gasteiger partial charge in [-0.15, -0.1) is 0 Å². The van der Waals surface area contributed by atoms with E-state index in [0.717, 1.165) is 37.1 Å². The molecule has 118 valence electrons. The number of nitrogens with one attached hydrogen (secondary N) is 1. The summed E-state index contributed by atoms with van der Waals surface area (Å²) in [6.45, 7) is 7.77. The molecule has 2 unspecified atom stereocenters. The first-order valence-electron chi connectivity index (χ1n) is 7.64. The Morgan fingerprint density at radius 2 is 2.24 bits per heavy atom. The van der Waals surface area contributed by atoms with Crippen molar-refractivity contribution in [2.75, 3.05) is 31.1 Å². The fourth-order valence-electron chi connectivity index (χ4n) is 2.72. The Labute approximate surface area is 135 Å². The van der Waals surface area contributed by atoms with Crippen LogP contribution in [0.2, 0.25) is 0 Å². The van der Waals surface area contributed by atoms with Crippen LogP contribution in [0.15, 0.2) is 22.7 Å². The largest absolute Gasteiger partial charge is 0.394 e. The first-order chi connectivity index (χ1) is 10.1. The normalized spacial score (nSPS) is 22.6. The van der Waals surface area contributed by atoms with Gasteiger partial charge in [-0.05, 0) is 37.6 Å². The Morgan fingerprint density at radius 1 is 1.43 bits per heavy atom. The summed E-state index contributed by atoms with van der Waals surface area (Å²) in [5.41, 5.74) is 2.51. The third-order valence-corrected chi connectivity index (χ3v) is 4.15. The van der Waals surface area contributed by atoms with Gasteiger partial charge in [-0.3, -0.25) is 0 Å². The smallest absolute Gasteiger partial charge is 0.0984 e. The van der Waals surface area contributed by atoms with Crippen molar-refractivity contribution < 1.29 is 9.84 Å². The van der Waals surface area contributed by atoms with Gasteiger partial charge in [0, 0.05) is 29.8 Å². The van der Waals surface area contributed by atoms with Crippen molar-refractivity contribution in [2.24, 2.45) is 0 Å². The first kappa shape index (κ1) is 16.7. The molecule has 0 amide bonds. The quantitative estimate of drug-likeness (QED) is 0.768. The lowest BCUT2D eigenvalue weighted by atomic mass is 10.1. The van der Waals surface area contributed by atoms with Crippen molar-refractivity contribution in [1.29, 1.82) is 0 Å². The molecule has 0 aliphatic carbocycles. The Hall–Kier alpha value is -0.620. The molecule has 0 spiro atoms. The maximum absolute atomic E-state index is 9.40. The van der Waals surface area contributed by atoms with Gasteiger partial charge < -0.3 is 20.1 Å². The van der Waals surface area contributed by atoms with Crippen molar-refractivity contribution in [2.45, 2.75) is 39.0 Å². The van der Waals surface area contributed by atoms with E-state index in [1.54, 1.807) is 0 Å². The van der Waals surface area contributed by atoms with E-state index in [4.69, 9.17) is 4.74 Å². The third-order valence-electron chi connectivity index (χ3n) is 3.66. The van der Waals surface area contributed by atoms with Crippen molar-refractivity contribution in [3.05, 3.63) is 28.2 Å². The van der Waals surface area contributed by atoms with Crippen LogP contribution in [0.4, 0.5) is 5.69 Å². The summed E-state index contributed by atoms with van der Waals surface area (Å²) in [5, 5.41) is 12.9. The summed E-state index contributed by atoms with van der Waals surface area (Å²) in [6.07, 6.45) is 1.16. The zero-order chi connectivity index (χ0) is 15.2. The second-order valence-electron chi connectivity index (χ2n) is 5.61. The minimum atomic E-state index is -0.107. The molecule has 1 saturated heterocycles. The molecule has 1 aromatic carbocycles. The van der Waals surface area contributed by atoms with E-state index in [1.807, 2.05) is 0 Å². The Bertz CT molecular complexity index is 456. The van der Waals surface area contributed by atoms with Gasteiger partial charge in [0.05, 0.1) is 18.8 Å². The molecule has 5 heteroatoms. The van der Waals surface area contributed by atoms with Gasteiger partial charge in [-0.2, -0.15) is 0 Å². The maximum Gasteiger partial charge on any atom is 0.0984 e. The summed E-state index contributed by atoms with van der Waals surface area (Å²) in [4.78, 5) is 2.32. The maximum atomic E-state index is 9.40. The Morgan fingerprint density at radius 3 is 2.95 bits per heavy atom. The van der Waals surface area contributed by atoms with Gasteiger partial charge in [0.2, 0.25) is 0 Å². The van der Waals surface area contributed by atoms with Crippen LogP contribution in [-0.2, 0) is 11.3 Å². The van der Waals surface area contributed by atoms with Crippen LogP contribution in [0.5, 0.6) is 0 Å². The molecule has 2 atom stereocenters. The monoisotopic (exact) mass is 356 g/mol. The zero-order valence-corrected chi connectivity index (χ0v) is 14.4. The van der Waals surface area contributed by atoms with Crippen LogP contribution in [-0.4, -0.2) is 43.6 Å². The molecule has 2 rings (SSSR count). The van der Waals surface area contributed by atoms with E-state index in [2.05, 4.69) is 58.2 Å². The topological polar surface area (TPSA) is 44.7 Å². The predicted octanol–water partition coefficient (Wildman–Crippen LogP) is 2.53. The van der Waals surface area contributed by atoms with E-state index < -0.39 is 0 Å². The average molecular weight is 357 g/mol. The van der Waals surface area contributed by atoms with Crippen LogP contribution >= 0.6 is 15.9 Å². The highest BCUT2D eigenvalue weighted by Crippen LogP contribution is 2.28. The fourth-order valence-corrected chi connectivity index (χ4v) is 3.07. The lowest BCUT2D eigenvalue weighted by Gasteiger charge is -2.38. The minimum absolute atomic E-state index is 0.0677. The molecule has 1 aliphatic heterocycles. The summed E-state index contributed by atoms with van der Waals surface area (Å²) < 4.78 is 6.82. The van der Waals surface area contributed by atoms with Gasteiger partial charge in [0.25, 0.3) is 0 Å². The molecule has 21 heavy (non-hydrogen) atoms. The molecule has 1 fully saturated rings. The van der Waals surface area contributed by atoms with E-state index in [-0.39, 0.29) is 18.8 Å². The van der Waals surface area contributed by atoms with E-state index >= 15 is 0 Å². The first-order valence-corrected chi connectivity index (χ1v) is 8.43. The van der Waals surface area contributed by atoms with Crippen molar-refractivity contribution in [3.63, 3.8) is 0 Å². The number of rotatable bonds is 6. The number of morpholine rings is 1. The number of aliphatic hydroxyl groups excluding tert-OH is 1.